The van der Waals surface area contributed by atoms with Crippen LogP contribution >= 0.6 is 11.6 Å². The van der Waals surface area contributed by atoms with Crippen LogP contribution < -0.4 is 15.4 Å². The number of alkyl halides is 4. The maximum atomic E-state index is 12.6. The van der Waals surface area contributed by atoms with Crippen LogP contribution in [0.15, 0.2) is 78.9 Å². The molecule has 0 atom stereocenters. The van der Waals surface area contributed by atoms with Crippen LogP contribution in [-0.2, 0) is 5.88 Å². The molecule has 10 heteroatoms. The number of nitrogens with one attached hydrogen (secondary N) is 2. The standard InChI is InChI=1S/C26H20ClF3N4O2/c1-16-13-23(18-7-11-22(12-8-18)36-26(28,29)30)34-25(31-16)33-20-9-5-19(6-10-20)24(35)32-21-4-2-3-17(14-21)15-27/h2-14H,15H2,1H3,(H,32,35)(H,31,33,34). The van der Waals surface area contributed by atoms with Gasteiger partial charge in [0.2, 0.25) is 5.95 Å². The molecule has 36 heavy (non-hydrogen) atoms. The van der Waals surface area contributed by atoms with E-state index >= 15 is 0 Å². The molecule has 184 valence electrons. The number of anilines is 3. The molecule has 6 nitrogen and oxygen atoms in total. The van der Waals surface area contributed by atoms with E-state index in [2.05, 4.69) is 25.3 Å². The van der Waals surface area contributed by atoms with Crippen molar-refractivity contribution in [1.29, 1.82) is 0 Å². The van der Waals surface area contributed by atoms with E-state index in [4.69, 9.17) is 11.6 Å². The Morgan fingerprint density at radius 2 is 1.67 bits per heavy atom. The molecule has 0 bridgehead atoms. The van der Waals surface area contributed by atoms with E-state index < -0.39 is 6.36 Å². The van der Waals surface area contributed by atoms with Crippen LogP contribution in [0.5, 0.6) is 5.75 Å². The molecule has 0 fully saturated rings. The first kappa shape index (κ1) is 25.0. The van der Waals surface area contributed by atoms with Crippen LogP contribution in [0.25, 0.3) is 11.3 Å². The fourth-order valence-corrected chi connectivity index (χ4v) is 3.54. The van der Waals surface area contributed by atoms with Gasteiger partial charge in [0, 0.05) is 34.1 Å². The molecule has 0 saturated carbocycles. The van der Waals surface area contributed by atoms with Gasteiger partial charge in [0.05, 0.1) is 5.69 Å². The Morgan fingerprint density at radius 3 is 2.33 bits per heavy atom. The lowest BCUT2D eigenvalue weighted by Gasteiger charge is -2.11. The van der Waals surface area contributed by atoms with Crippen molar-refractivity contribution in [1.82, 2.24) is 9.97 Å². The number of amides is 1. The van der Waals surface area contributed by atoms with Gasteiger partial charge in [-0.25, -0.2) is 9.97 Å². The first-order chi connectivity index (χ1) is 17.2. The molecule has 0 spiro atoms. The first-order valence-corrected chi connectivity index (χ1v) is 11.3. The van der Waals surface area contributed by atoms with Gasteiger partial charge >= 0.3 is 6.36 Å². The van der Waals surface area contributed by atoms with Gasteiger partial charge in [-0.15, -0.1) is 24.8 Å². The number of hydrogen-bond acceptors (Lipinski definition) is 5. The van der Waals surface area contributed by atoms with Crippen molar-refractivity contribution in [2.75, 3.05) is 10.6 Å². The summed E-state index contributed by atoms with van der Waals surface area (Å²) in [6.45, 7) is 1.78. The van der Waals surface area contributed by atoms with Crippen LogP contribution in [0.2, 0.25) is 0 Å². The largest absolute Gasteiger partial charge is 0.573 e. The molecule has 1 amide bonds. The Morgan fingerprint density at radius 1 is 0.944 bits per heavy atom. The van der Waals surface area contributed by atoms with Crippen LogP contribution in [-0.4, -0.2) is 22.2 Å². The average molecular weight is 513 g/mol. The summed E-state index contributed by atoms with van der Waals surface area (Å²) in [7, 11) is 0. The molecule has 1 aromatic heterocycles. The van der Waals surface area contributed by atoms with Gasteiger partial charge in [-0.05, 0) is 79.2 Å². The normalized spacial score (nSPS) is 11.1. The van der Waals surface area contributed by atoms with Crippen LogP contribution in [0, 0.1) is 6.92 Å². The minimum absolute atomic E-state index is 0.264. The molecule has 1 heterocycles. The second-order valence-electron chi connectivity index (χ2n) is 7.78. The van der Waals surface area contributed by atoms with Gasteiger partial charge in [0.1, 0.15) is 5.75 Å². The zero-order valence-corrected chi connectivity index (χ0v) is 19.7. The van der Waals surface area contributed by atoms with Gasteiger partial charge in [0.25, 0.3) is 5.91 Å². The van der Waals surface area contributed by atoms with Crippen molar-refractivity contribution in [3.05, 3.63) is 95.7 Å². The van der Waals surface area contributed by atoms with Crippen molar-refractivity contribution >= 4 is 34.8 Å². The zero-order valence-electron chi connectivity index (χ0n) is 18.9. The predicted molar refractivity (Wildman–Crippen MR) is 133 cm³/mol. The van der Waals surface area contributed by atoms with Gasteiger partial charge in [0.15, 0.2) is 0 Å². The maximum Gasteiger partial charge on any atom is 0.573 e. The Labute approximate surface area is 210 Å². The number of hydrogen-bond donors (Lipinski definition) is 2. The summed E-state index contributed by atoms with van der Waals surface area (Å²) in [5.41, 5.74) is 4.46. The lowest BCUT2D eigenvalue weighted by Crippen LogP contribution is -2.16. The van der Waals surface area contributed by atoms with Gasteiger partial charge in [-0.1, -0.05) is 12.1 Å². The van der Waals surface area contributed by atoms with E-state index in [-0.39, 0.29) is 11.7 Å². The predicted octanol–water partition coefficient (Wildman–Crippen LogP) is 7.09. The van der Waals surface area contributed by atoms with Crippen LogP contribution in [0.3, 0.4) is 0 Å². The molecule has 0 saturated heterocycles. The number of carbonyl (C=O) groups is 1. The third-order valence-electron chi connectivity index (χ3n) is 4.98. The third-order valence-corrected chi connectivity index (χ3v) is 5.29. The van der Waals surface area contributed by atoms with E-state index in [1.165, 1.54) is 24.3 Å². The lowest BCUT2D eigenvalue weighted by molar-refractivity contribution is -0.274. The van der Waals surface area contributed by atoms with Crippen molar-refractivity contribution in [2.24, 2.45) is 0 Å². The number of benzene rings is 3. The number of aromatic nitrogens is 2. The fraction of sp³-hybridized carbons (Fsp3) is 0.115. The minimum atomic E-state index is -4.75. The maximum absolute atomic E-state index is 12.6. The molecule has 0 aliphatic carbocycles. The Kier molecular flexibility index (Phi) is 7.40. The fourth-order valence-electron chi connectivity index (χ4n) is 3.37. The van der Waals surface area contributed by atoms with Crippen LogP contribution in [0.1, 0.15) is 21.6 Å². The molecule has 0 unspecified atom stereocenters. The first-order valence-electron chi connectivity index (χ1n) is 10.7. The molecular weight excluding hydrogens is 493 g/mol. The average Bonchev–Trinajstić information content (AvgIpc) is 2.83. The van der Waals surface area contributed by atoms with E-state index in [1.54, 1.807) is 43.3 Å². The van der Waals surface area contributed by atoms with Crippen molar-refractivity contribution in [3.8, 4) is 17.0 Å². The highest BCUT2D eigenvalue weighted by Crippen LogP contribution is 2.27. The highest BCUT2D eigenvalue weighted by molar-refractivity contribution is 6.17. The summed E-state index contributed by atoms with van der Waals surface area (Å²) in [5, 5.41) is 5.92. The summed E-state index contributed by atoms with van der Waals surface area (Å²) < 4.78 is 41.1. The molecule has 4 aromatic rings. The highest BCUT2D eigenvalue weighted by Gasteiger charge is 2.31. The molecule has 4 rings (SSSR count). The Balaban J connectivity index is 1.45. The monoisotopic (exact) mass is 512 g/mol. The molecule has 0 aliphatic heterocycles. The van der Waals surface area contributed by atoms with Crippen LogP contribution in [0.4, 0.5) is 30.5 Å². The number of rotatable bonds is 7. The summed E-state index contributed by atoms with van der Waals surface area (Å²) in [6.07, 6.45) is -4.75. The van der Waals surface area contributed by atoms with Crippen molar-refractivity contribution < 1.29 is 22.7 Å². The van der Waals surface area contributed by atoms with E-state index in [1.807, 2.05) is 18.2 Å². The Hall–Kier alpha value is -4.11. The van der Waals surface area contributed by atoms with Crippen molar-refractivity contribution in [2.45, 2.75) is 19.2 Å². The number of nitrogens with zero attached hydrogens (tertiary/aromatic N) is 2. The van der Waals surface area contributed by atoms with Gasteiger partial charge < -0.3 is 15.4 Å². The molecule has 3 aromatic carbocycles. The van der Waals surface area contributed by atoms with Crippen molar-refractivity contribution in [3.63, 3.8) is 0 Å². The Bertz CT molecular complexity index is 1360. The minimum Gasteiger partial charge on any atom is -0.406 e. The number of carbonyl (C=O) groups excluding carboxylic acids is 1. The third kappa shape index (κ3) is 6.73. The topological polar surface area (TPSA) is 76.1 Å². The summed E-state index contributed by atoms with van der Waals surface area (Å²) in [6, 6.07) is 21.2. The summed E-state index contributed by atoms with van der Waals surface area (Å²) in [4.78, 5) is 21.4. The quantitative estimate of drug-likeness (QED) is 0.259. The smallest absolute Gasteiger partial charge is 0.406 e. The second-order valence-corrected chi connectivity index (χ2v) is 8.05. The van der Waals surface area contributed by atoms with Gasteiger partial charge in [-0.3, -0.25) is 4.79 Å². The SMILES string of the molecule is Cc1cc(-c2ccc(OC(F)(F)F)cc2)nc(Nc2ccc(C(=O)Nc3cccc(CCl)c3)cc2)n1. The lowest BCUT2D eigenvalue weighted by atomic mass is 10.1. The molecular formula is C26H20ClF3N4O2. The molecule has 2 N–H and O–H groups in total. The van der Waals surface area contributed by atoms with E-state index in [0.29, 0.717) is 45.7 Å². The summed E-state index contributed by atoms with van der Waals surface area (Å²) >= 11 is 5.85. The summed E-state index contributed by atoms with van der Waals surface area (Å²) in [5.74, 6) is 0.0761. The molecule has 0 radical (unpaired) electrons. The highest BCUT2D eigenvalue weighted by atomic mass is 35.5. The number of aryl methyl sites for hydroxylation is 1. The van der Waals surface area contributed by atoms with Gasteiger partial charge in [-0.2, -0.15) is 0 Å². The zero-order chi connectivity index (χ0) is 25.7. The second kappa shape index (κ2) is 10.7. The van der Waals surface area contributed by atoms with E-state index in [9.17, 15) is 18.0 Å². The van der Waals surface area contributed by atoms with E-state index in [0.717, 1.165) is 5.56 Å². The molecule has 0 aliphatic rings. The number of halogens is 4. The number of ether oxygens (including phenoxy) is 1.